The Morgan fingerprint density at radius 2 is 1.59 bits per heavy atom. The van der Waals surface area contributed by atoms with Crippen LogP contribution in [-0.2, 0) is 23.7 Å². The molecule has 0 aliphatic carbocycles. The summed E-state index contributed by atoms with van der Waals surface area (Å²) in [5.74, 6) is -1.27. The predicted molar refractivity (Wildman–Crippen MR) is 89.4 cm³/mol. The molecule has 1 aliphatic heterocycles. The summed E-state index contributed by atoms with van der Waals surface area (Å²) in [6.07, 6.45) is -6.94. The molecule has 0 aromatic carbocycles. The Kier molecular flexibility index (Phi) is 5.78. The van der Waals surface area contributed by atoms with Crippen LogP contribution in [0.3, 0.4) is 0 Å². The summed E-state index contributed by atoms with van der Waals surface area (Å²) in [4.78, 5) is 19.3. The first-order valence-electron chi connectivity index (χ1n) is 8.59. The molecule has 2 atom stereocenters. The van der Waals surface area contributed by atoms with Gasteiger partial charge in [-0.15, -0.1) is 0 Å². The lowest BCUT2D eigenvalue weighted by Crippen LogP contribution is -2.34. The summed E-state index contributed by atoms with van der Waals surface area (Å²) in [6.45, 7) is 0.703. The second kappa shape index (κ2) is 7.97. The second-order valence-electron chi connectivity index (χ2n) is 6.61. The highest BCUT2D eigenvalue weighted by Gasteiger charge is 2.36. The average molecular weight is 418 g/mol. The molecule has 2 N–H and O–H groups in total. The Labute approximate surface area is 161 Å². The third-order valence-electron chi connectivity index (χ3n) is 4.64. The highest BCUT2D eigenvalue weighted by atomic mass is 19.4. The van der Waals surface area contributed by atoms with Gasteiger partial charge in [-0.2, -0.15) is 26.3 Å². The SMILES string of the molecule is O=C(NCc1ccc(C(F)(F)F)nc1)[C@H]1CNC[C@@H]1c1ccc(C(F)(F)F)nc1. The van der Waals surface area contributed by atoms with Gasteiger partial charge in [0.2, 0.25) is 5.91 Å². The van der Waals surface area contributed by atoms with Gasteiger partial charge in [-0.05, 0) is 23.3 Å². The molecular weight excluding hydrogens is 402 g/mol. The van der Waals surface area contributed by atoms with Crippen LogP contribution in [0, 0.1) is 5.92 Å². The van der Waals surface area contributed by atoms with Gasteiger partial charge in [0.1, 0.15) is 11.4 Å². The van der Waals surface area contributed by atoms with Gasteiger partial charge in [-0.25, -0.2) is 0 Å². The van der Waals surface area contributed by atoms with Crippen molar-refractivity contribution in [2.24, 2.45) is 5.92 Å². The molecule has 1 saturated heterocycles. The Hall–Kier alpha value is -2.69. The maximum Gasteiger partial charge on any atom is 0.433 e. The van der Waals surface area contributed by atoms with Gasteiger partial charge in [0.05, 0.1) is 5.92 Å². The van der Waals surface area contributed by atoms with E-state index in [-0.39, 0.29) is 18.4 Å². The number of nitrogens with zero attached hydrogens (tertiary/aromatic N) is 2. The molecule has 1 aliphatic rings. The lowest BCUT2D eigenvalue weighted by atomic mass is 9.89. The molecule has 0 saturated carbocycles. The number of amides is 1. The van der Waals surface area contributed by atoms with Crippen molar-refractivity contribution in [3.63, 3.8) is 0 Å². The molecule has 11 heteroatoms. The van der Waals surface area contributed by atoms with E-state index in [2.05, 4.69) is 20.6 Å². The number of carbonyl (C=O) groups is 1. The molecule has 1 amide bonds. The molecule has 3 heterocycles. The third-order valence-corrected chi connectivity index (χ3v) is 4.64. The van der Waals surface area contributed by atoms with E-state index in [1.165, 1.54) is 12.1 Å². The van der Waals surface area contributed by atoms with Gasteiger partial charge in [0.25, 0.3) is 0 Å². The highest BCUT2D eigenvalue weighted by molar-refractivity contribution is 5.80. The minimum Gasteiger partial charge on any atom is -0.352 e. The van der Waals surface area contributed by atoms with Gasteiger partial charge in [-0.3, -0.25) is 14.8 Å². The number of pyridine rings is 2. The van der Waals surface area contributed by atoms with Crippen molar-refractivity contribution in [2.75, 3.05) is 13.1 Å². The monoisotopic (exact) mass is 418 g/mol. The van der Waals surface area contributed by atoms with Crippen molar-refractivity contribution in [2.45, 2.75) is 24.8 Å². The zero-order valence-electron chi connectivity index (χ0n) is 14.8. The van der Waals surface area contributed by atoms with Crippen LogP contribution in [-0.4, -0.2) is 29.0 Å². The van der Waals surface area contributed by atoms with Gasteiger partial charge in [0, 0.05) is 37.9 Å². The average Bonchev–Trinajstić information content (AvgIpc) is 3.15. The predicted octanol–water partition coefficient (Wildman–Crippen LogP) is 3.13. The second-order valence-corrected chi connectivity index (χ2v) is 6.61. The first-order valence-corrected chi connectivity index (χ1v) is 8.59. The van der Waals surface area contributed by atoms with Gasteiger partial charge < -0.3 is 10.6 Å². The maximum absolute atomic E-state index is 12.6. The molecule has 3 rings (SSSR count). The lowest BCUT2D eigenvalue weighted by Gasteiger charge is -2.19. The molecule has 1 fully saturated rings. The number of aromatic nitrogens is 2. The Morgan fingerprint density at radius 1 is 0.966 bits per heavy atom. The van der Waals surface area contributed by atoms with Gasteiger partial charge >= 0.3 is 12.4 Å². The molecule has 156 valence electrons. The van der Waals surface area contributed by atoms with Crippen LogP contribution in [0.15, 0.2) is 36.7 Å². The normalized spacial score (nSPS) is 19.9. The van der Waals surface area contributed by atoms with Crippen LogP contribution < -0.4 is 10.6 Å². The molecule has 29 heavy (non-hydrogen) atoms. The van der Waals surface area contributed by atoms with E-state index in [1.807, 2.05) is 0 Å². The van der Waals surface area contributed by atoms with Crippen LogP contribution in [0.4, 0.5) is 26.3 Å². The zero-order chi connectivity index (χ0) is 21.2. The first kappa shape index (κ1) is 21.0. The standard InChI is InChI=1S/C18H16F6N4O/c19-17(20,21)14-3-1-10(5-26-14)6-28-16(29)13-9-25-8-12(13)11-2-4-15(27-7-11)18(22,23)24/h1-5,7,12-13,25H,6,8-9H2,(H,28,29)/t12-,13+/m1/s1. The van der Waals surface area contributed by atoms with Gasteiger partial charge in [0.15, 0.2) is 0 Å². The van der Waals surface area contributed by atoms with Crippen LogP contribution in [0.2, 0.25) is 0 Å². The fourth-order valence-corrected chi connectivity index (χ4v) is 3.11. The van der Waals surface area contributed by atoms with Crippen LogP contribution in [0.5, 0.6) is 0 Å². The summed E-state index contributed by atoms with van der Waals surface area (Å²) in [5, 5.41) is 5.65. The van der Waals surface area contributed by atoms with E-state index in [9.17, 15) is 31.1 Å². The van der Waals surface area contributed by atoms with E-state index < -0.39 is 29.7 Å². The van der Waals surface area contributed by atoms with Crippen molar-refractivity contribution < 1.29 is 31.1 Å². The summed E-state index contributed by atoms with van der Waals surface area (Å²) in [5.41, 5.74) is -1.14. The quantitative estimate of drug-likeness (QED) is 0.749. The number of rotatable bonds is 4. The van der Waals surface area contributed by atoms with Crippen molar-refractivity contribution >= 4 is 5.91 Å². The first-order chi connectivity index (χ1) is 13.6. The molecule has 0 unspecified atom stereocenters. The summed E-state index contributed by atoms with van der Waals surface area (Å²) in [6, 6.07) is 4.22. The van der Waals surface area contributed by atoms with E-state index >= 15 is 0 Å². The molecule has 0 spiro atoms. The van der Waals surface area contributed by atoms with E-state index in [1.54, 1.807) is 0 Å². The van der Waals surface area contributed by atoms with E-state index in [0.29, 0.717) is 24.2 Å². The largest absolute Gasteiger partial charge is 0.433 e. The number of halogens is 6. The molecule has 5 nitrogen and oxygen atoms in total. The number of hydrogen-bond acceptors (Lipinski definition) is 4. The Balaban J connectivity index is 1.63. The molecular formula is C18H16F6N4O. The minimum atomic E-state index is -4.54. The third kappa shape index (κ3) is 5.03. The fraction of sp³-hybridized carbons (Fsp3) is 0.389. The van der Waals surface area contributed by atoms with Crippen molar-refractivity contribution in [3.8, 4) is 0 Å². The molecule has 0 radical (unpaired) electrons. The topological polar surface area (TPSA) is 66.9 Å². The Morgan fingerprint density at radius 3 is 2.10 bits per heavy atom. The zero-order valence-corrected chi connectivity index (χ0v) is 14.8. The smallest absolute Gasteiger partial charge is 0.352 e. The summed E-state index contributed by atoms with van der Waals surface area (Å²) < 4.78 is 75.5. The highest BCUT2D eigenvalue weighted by Crippen LogP contribution is 2.32. The summed E-state index contributed by atoms with van der Waals surface area (Å²) in [7, 11) is 0. The maximum atomic E-state index is 12.6. The van der Waals surface area contributed by atoms with Crippen molar-refractivity contribution in [1.82, 2.24) is 20.6 Å². The van der Waals surface area contributed by atoms with Crippen molar-refractivity contribution in [3.05, 3.63) is 59.2 Å². The lowest BCUT2D eigenvalue weighted by molar-refractivity contribution is -0.142. The van der Waals surface area contributed by atoms with Crippen LogP contribution >= 0.6 is 0 Å². The van der Waals surface area contributed by atoms with Gasteiger partial charge in [-0.1, -0.05) is 12.1 Å². The number of alkyl halides is 6. The van der Waals surface area contributed by atoms with Crippen molar-refractivity contribution in [1.29, 1.82) is 0 Å². The fourth-order valence-electron chi connectivity index (χ4n) is 3.11. The molecule has 0 bridgehead atoms. The van der Waals surface area contributed by atoms with E-state index in [0.717, 1.165) is 24.5 Å². The van der Waals surface area contributed by atoms with Crippen LogP contribution in [0.1, 0.15) is 28.4 Å². The minimum absolute atomic E-state index is 0.0154. The molecule has 2 aromatic heterocycles. The molecule has 2 aromatic rings. The van der Waals surface area contributed by atoms with Crippen LogP contribution in [0.25, 0.3) is 0 Å². The number of nitrogens with one attached hydrogen (secondary N) is 2. The van der Waals surface area contributed by atoms with E-state index in [4.69, 9.17) is 0 Å². The Bertz CT molecular complexity index is 849. The summed E-state index contributed by atoms with van der Waals surface area (Å²) >= 11 is 0. The number of hydrogen-bond donors (Lipinski definition) is 2. The number of carbonyl (C=O) groups excluding carboxylic acids is 1.